The summed E-state index contributed by atoms with van der Waals surface area (Å²) in [6, 6.07) is 11.8. The summed E-state index contributed by atoms with van der Waals surface area (Å²) >= 11 is 0. The summed E-state index contributed by atoms with van der Waals surface area (Å²) in [5.41, 5.74) is 1.81. The van der Waals surface area contributed by atoms with Gasteiger partial charge in [-0.1, -0.05) is 37.3 Å². The Labute approximate surface area is 155 Å². The standard InChI is InChI=1S/C19H19N5O3/c1-13(14-5-3-2-4-6-14)9-17(19(26)27)23-18(25)16-8-7-15(10-21-16)24-12-20-11-22-24/h2-8,10-13,17H,9H2,1H3,(H,23,25)(H,26,27). The molecule has 8 heteroatoms. The number of nitrogens with zero attached hydrogens (tertiary/aromatic N) is 4. The first kappa shape index (κ1) is 18.2. The molecule has 3 rings (SSSR count). The molecule has 0 radical (unpaired) electrons. The van der Waals surface area contributed by atoms with E-state index >= 15 is 0 Å². The second kappa shape index (κ2) is 8.22. The molecule has 8 nitrogen and oxygen atoms in total. The van der Waals surface area contributed by atoms with E-state index in [9.17, 15) is 14.7 Å². The Kier molecular flexibility index (Phi) is 5.55. The molecule has 0 fully saturated rings. The summed E-state index contributed by atoms with van der Waals surface area (Å²) in [7, 11) is 0. The van der Waals surface area contributed by atoms with Crippen LogP contribution in [0.3, 0.4) is 0 Å². The molecule has 2 unspecified atom stereocenters. The monoisotopic (exact) mass is 365 g/mol. The second-order valence-corrected chi connectivity index (χ2v) is 6.15. The number of rotatable bonds is 7. The van der Waals surface area contributed by atoms with E-state index in [1.54, 1.807) is 6.07 Å². The van der Waals surface area contributed by atoms with Crippen molar-refractivity contribution in [2.75, 3.05) is 0 Å². The van der Waals surface area contributed by atoms with Crippen molar-refractivity contribution in [3.8, 4) is 5.69 Å². The van der Waals surface area contributed by atoms with Gasteiger partial charge in [-0.3, -0.25) is 4.79 Å². The van der Waals surface area contributed by atoms with Gasteiger partial charge in [-0.25, -0.2) is 19.4 Å². The Balaban J connectivity index is 1.67. The second-order valence-electron chi connectivity index (χ2n) is 6.15. The van der Waals surface area contributed by atoms with Crippen LogP contribution in [0.4, 0.5) is 0 Å². The molecule has 0 aliphatic carbocycles. The van der Waals surface area contributed by atoms with Gasteiger partial charge in [0.15, 0.2) is 0 Å². The zero-order chi connectivity index (χ0) is 19.2. The Morgan fingerprint density at radius 2 is 1.96 bits per heavy atom. The van der Waals surface area contributed by atoms with E-state index in [2.05, 4.69) is 20.4 Å². The molecule has 27 heavy (non-hydrogen) atoms. The molecule has 3 aromatic rings. The summed E-state index contributed by atoms with van der Waals surface area (Å²) in [6.07, 6.45) is 4.67. The zero-order valence-electron chi connectivity index (χ0n) is 14.7. The van der Waals surface area contributed by atoms with Crippen LogP contribution in [-0.2, 0) is 4.79 Å². The minimum absolute atomic E-state index is 0.0183. The van der Waals surface area contributed by atoms with E-state index in [0.717, 1.165) is 5.56 Å². The number of carboxylic acids is 1. The molecule has 1 aromatic carbocycles. The first-order valence-corrected chi connectivity index (χ1v) is 8.44. The predicted octanol–water partition coefficient (Wildman–Crippen LogP) is 2.04. The molecule has 138 valence electrons. The van der Waals surface area contributed by atoms with Crippen molar-refractivity contribution in [2.24, 2.45) is 0 Å². The number of carboxylic acid groups (broad SMARTS) is 1. The highest BCUT2D eigenvalue weighted by atomic mass is 16.4. The van der Waals surface area contributed by atoms with E-state index < -0.39 is 17.9 Å². The molecular formula is C19H19N5O3. The number of carbonyl (C=O) groups is 2. The van der Waals surface area contributed by atoms with Crippen molar-refractivity contribution < 1.29 is 14.7 Å². The Hall–Kier alpha value is -3.55. The van der Waals surface area contributed by atoms with E-state index in [1.165, 1.54) is 29.6 Å². The lowest BCUT2D eigenvalue weighted by Crippen LogP contribution is -2.41. The smallest absolute Gasteiger partial charge is 0.326 e. The lowest BCUT2D eigenvalue weighted by Gasteiger charge is -2.19. The van der Waals surface area contributed by atoms with Gasteiger partial charge in [0, 0.05) is 0 Å². The maximum Gasteiger partial charge on any atom is 0.326 e. The van der Waals surface area contributed by atoms with Crippen molar-refractivity contribution >= 4 is 11.9 Å². The maximum absolute atomic E-state index is 12.4. The molecule has 0 saturated carbocycles. The molecule has 2 aromatic heterocycles. The number of hydrogen-bond acceptors (Lipinski definition) is 5. The van der Waals surface area contributed by atoms with Crippen LogP contribution in [0, 0.1) is 0 Å². The molecule has 0 aliphatic rings. The number of pyridine rings is 1. The van der Waals surface area contributed by atoms with Gasteiger partial charge in [0.1, 0.15) is 24.4 Å². The molecule has 2 heterocycles. The predicted molar refractivity (Wildman–Crippen MR) is 97.5 cm³/mol. The third-order valence-electron chi connectivity index (χ3n) is 4.23. The van der Waals surface area contributed by atoms with Crippen molar-refractivity contribution in [3.05, 3.63) is 72.6 Å². The van der Waals surface area contributed by atoms with Gasteiger partial charge in [0.05, 0.1) is 11.9 Å². The third-order valence-corrected chi connectivity index (χ3v) is 4.23. The lowest BCUT2D eigenvalue weighted by atomic mass is 9.94. The van der Waals surface area contributed by atoms with Crippen LogP contribution in [0.5, 0.6) is 0 Å². The number of nitrogens with one attached hydrogen (secondary N) is 1. The van der Waals surface area contributed by atoms with Crippen LogP contribution in [0.15, 0.2) is 61.3 Å². The highest BCUT2D eigenvalue weighted by molar-refractivity contribution is 5.95. The average Bonchev–Trinajstić information content (AvgIpc) is 3.23. The lowest BCUT2D eigenvalue weighted by molar-refractivity contribution is -0.139. The number of aliphatic carboxylic acids is 1. The number of hydrogen-bond donors (Lipinski definition) is 2. The van der Waals surface area contributed by atoms with Crippen LogP contribution >= 0.6 is 0 Å². The first-order chi connectivity index (χ1) is 13.0. The van der Waals surface area contributed by atoms with Crippen molar-refractivity contribution in [1.82, 2.24) is 25.1 Å². The fourth-order valence-electron chi connectivity index (χ4n) is 2.72. The van der Waals surface area contributed by atoms with Crippen LogP contribution in [0.2, 0.25) is 0 Å². The van der Waals surface area contributed by atoms with Crippen LogP contribution in [0.1, 0.15) is 35.3 Å². The molecule has 0 saturated heterocycles. The fraction of sp³-hybridized carbons (Fsp3) is 0.211. The quantitative estimate of drug-likeness (QED) is 0.663. The minimum atomic E-state index is -1.08. The van der Waals surface area contributed by atoms with Crippen LogP contribution in [0.25, 0.3) is 5.69 Å². The highest BCUT2D eigenvalue weighted by Crippen LogP contribution is 2.20. The van der Waals surface area contributed by atoms with E-state index in [1.807, 2.05) is 37.3 Å². The Bertz CT molecular complexity index is 895. The topological polar surface area (TPSA) is 110 Å². The molecular weight excluding hydrogens is 346 g/mol. The first-order valence-electron chi connectivity index (χ1n) is 8.44. The molecule has 2 atom stereocenters. The van der Waals surface area contributed by atoms with Crippen LogP contribution in [-0.4, -0.2) is 42.8 Å². The van der Waals surface area contributed by atoms with Gasteiger partial charge in [0.2, 0.25) is 0 Å². The minimum Gasteiger partial charge on any atom is -0.480 e. The van der Waals surface area contributed by atoms with E-state index in [-0.39, 0.29) is 18.0 Å². The van der Waals surface area contributed by atoms with E-state index in [0.29, 0.717) is 5.69 Å². The number of amides is 1. The van der Waals surface area contributed by atoms with Crippen molar-refractivity contribution in [1.29, 1.82) is 0 Å². The molecule has 2 N–H and O–H groups in total. The zero-order valence-corrected chi connectivity index (χ0v) is 14.7. The fourth-order valence-corrected chi connectivity index (χ4v) is 2.72. The molecule has 0 spiro atoms. The molecule has 0 aliphatic heterocycles. The van der Waals surface area contributed by atoms with Crippen LogP contribution < -0.4 is 5.32 Å². The molecule has 1 amide bonds. The van der Waals surface area contributed by atoms with E-state index in [4.69, 9.17) is 0 Å². The summed E-state index contributed by atoms with van der Waals surface area (Å²) in [5.74, 6) is -1.63. The SMILES string of the molecule is CC(CC(NC(=O)c1ccc(-n2cncn2)cn1)C(=O)O)c1ccccc1. The maximum atomic E-state index is 12.4. The van der Waals surface area contributed by atoms with Gasteiger partial charge >= 0.3 is 5.97 Å². The largest absolute Gasteiger partial charge is 0.480 e. The molecule has 0 bridgehead atoms. The summed E-state index contributed by atoms with van der Waals surface area (Å²) in [6.45, 7) is 1.93. The van der Waals surface area contributed by atoms with Gasteiger partial charge in [-0.15, -0.1) is 0 Å². The number of aromatic nitrogens is 4. The Morgan fingerprint density at radius 3 is 2.56 bits per heavy atom. The highest BCUT2D eigenvalue weighted by Gasteiger charge is 2.24. The van der Waals surface area contributed by atoms with Crippen molar-refractivity contribution in [2.45, 2.75) is 25.3 Å². The summed E-state index contributed by atoms with van der Waals surface area (Å²) < 4.78 is 1.51. The Morgan fingerprint density at radius 1 is 1.19 bits per heavy atom. The summed E-state index contributed by atoms with van der Waals surface area (Å²) in [5, 5.41) is 16.0. The number of carbonyl (C=O) groups excluding carboxylic acids is 1. The normalized spacial score (nSPS) is 12.9. The third kappa shape index (κ3) is 4.55. The van der Waals surface area contributed by atoms with Gasteiger partial charge in [-0.05, 0) is 30.0 Å². The summed E-state index contributed by atoms with van der Waals surface area (Å²) in [4.78, 5) is 31.9. The van der Waals surface area contributed by atoms with Crippen molar-refractivity contribution in [3.63, 3.8) is 0 Å². The average molecular weight is 365 g/mol. The van der Waals surface area contributed by atoms with Gasteiger partial charge < -0.3 is 10.4 Å². The van der Waals surface area contributed by atoms with Gasteiger partial charge in [-0.2, -0.15) is 5.10 Å². The van der Waals surface area contributed by atoms with Gasteiger partial charge in [0.25, 0.3) is 5.91 Å². The number of benzene rings is 1.